The first-order valence-corrected chi connectivity index (χ1v) is 17.8. The SMILES string of the molecule is Cc1cccc(-n2c3ccccc3c3cc(-c4ccc(Nc5ccccc5)c([C@H]5C=CC(c6cccc(-c7ccccc7)c6)=CC5)c4)ccc32)c1. The molecule has 244 valence electrons. The molecule has 1 heterocycles. The van der Waals surface area contributed by atoms with Crippen LogP contribution in [0.15, 0.2) is 188 Å². The molecule has 0 aliphatic heterocycles. The van der Waals surface area contributed by atoms with Gasteiger partial charge in [-0.15, -0.1) is 0 Å². The molecule has 2 nitrogen and oxygen atoms in total. The summed E-state index contributed by atoms with van der Waals surface area (Å²) in [5, 5.41) is 6.27. The zero-order chi connectivity index (χ0) is 34.1. The van der Waals surface area contributed by atoms with E-state index in [1.807, 2.05) is 0 Å². The smallest absolute Gasteiger partial charge is 0.0541 e. The lowest BCUT2D eigenvalue weighted by molar-refractivity contribution is 0.859. The van der Waals surface area contributed by atoms with Gasteiger partial charge in [0, 0.05) is 33.8 Å². The van der Waals surface area contributed by atoms with Crippen LogP contribution in [-0.4, -0.2) is 4.57 Å². The highest BCUT2D eigenvalue weighted by molar-refractivity contribution is 6.10. The Balaban J connectivity index is 1.10. The van der Waals surface area contributed by atoms with E-state index in [4.69, 9.17) is 0 Å². The second-order valence-electron chi connectivity index (χ2n) is 13.5. The van der Waals surface area contributed by atoms with Crippen LogP contribution in [0.1, 0.15) is 29.0 Å². The van der Waals surface area contributed by atoms with Crippen molar-refractivity contribution in [3.05, 3.63) is 205 Å². The third-order valence-corrected chi connectivity index (χ3v) is 10.2. The van der Waals surface area contributed by atoms with E-state index in [1.54, 1.807) is 0 Å². The fourth-order valence-electron chi connectivity index (χ4n) is 7.61. The van der Waals surface area contributed by atoms with Crippen molar-refractivity contribution in [1.82, 2.24) is 4.57 Å². The van der Waals surface area contributed by atoms with E-state index >= 15 is 0 Å². The van der Waals surface area contributed by atoms with Crippen molar-refractivity contribution in [2.45, 2.75) is 19.3 Å². The molecule has 51 heavy (non-hydrogen) atoms. The molecule has 0 radical (unpaired) electrons. The first-order valence-electron chi connectivity index (χ1n) is 17.8. The summed E-state index contributed by atoms with van der Waals surface area (Å²) in [6.07, 6.45) is 8.03. The van der Waals surface area contributed by atoms with Gasteiger partial charge in [0.05, 0.1) is 11.0 Å². The maximum absolute atomic E-state index is 3.74. The average molecular weight is 655 g/mol. The van der Waals surface area contributed by atoms with Crippen molar-refractivity contribution in [3.63, 3.8) is 0 Å². The number of aryl methyl sites for hydroxylation is 1. The minimum Gasteiger partial charge on any atom is -0.355 e. The number of allylic oxidation sites excluding steroid dienone is 4. The summed E-state index contributed by atoms with van der Waals surface area (Å²) < 4.78 is 2.39. The molecule has 1 aromatic heterocycles. The van der Waals surface area contributed by atoms with Crippen molar-refractivity contribution in [2.75, 3.05) is 5.32 Å². The van der Waals surface area contributed by atoms with E-state index in [0.717, 1.165) is 17.8 Å². The van der Waals surface area contributed by atoms with Crippen LogP contribution in [-0.2, 0) is 0 Å². The van der Waals surface area contributed by atoms with Crippen molar-refractivity contribution in [1.29, 1.82) is 0 Å². The molecule has 7 aromatic carbocycles. The summed E-state index contributed by atoms with van der Waals surface area (Å²) in [5.74, 6) is 0.240. The number of rotatable bonds is 7. The van der Waals surface area contributed by atoms with Gasteiger partial charge in [-0.2, -0.15) is 0 Å². The van der Waals surface area contributed by atoms with Gasteiger partial charge in [-0.25, -0.2) is 0 Å². The number of nitrogens with one attached hydrogen (secondary N) is 1. The molecule has 1 atom stereocenters. The number of anilines is 2. The van der Waals surface area contributed by atoms with E-state index in [0.29, 0.717) is 0 Å². The van der Waals surface area contributed by atoms with E-state index in [9.17, 15) is 0 Å². The molecule has 2 heteroatoms. The number of hydrogen-bond acceptors (Lipinski definition) is 1. The highest BCUT2D eigenvalue weighted by Gasteiger charge is 2.19. The Morgan fingerprint density at radius 1 is 0.529 bits per heavy atom. The normalized spacial score (nSPS) is 14.1. The standard InChI is InChI=1S/C49H38N2/c1-34-12-10-19-43(30-34)51-48-21-9-8-20-44(48)46-33-41(27-29-49(46)51)40-26-28-47(50-42-17-6-3-7-18-42)45(32-40)37-24-22-36(23-25-37)39-16-11-15-38(31-39)35-13-4-2-5-14-35/h2-24,26-33,37,50H,25H2,1H3/t37-/m0/s1. The number of aromatic nitrogens is 1. The third kappa shape index (κ3) is 5.96. The lowest BCUT2D eigenvalue weighted by Crippen LogP contribution is -2.04. The molecule has 0 amide bonds. The molecule has 0 spiro atoms. The molecular weight excluding hydrogens is 617 g/mol. The van der Waals surface area contributed by atoms with Gasteiger partial charge in [0.25, 0.3) is 0 Å². The number of fused-ring (bicyclic) bond motifs is 3. The molecule has 1 aliphatic rings. The number of para-hydroxylation sites is 2. The van der Waals surface area contributed by atoms with Crippen LogP contribution >= 0.6 is 0 Å². The van der Waals surface area contributed by atoms with Crippen molar-refractivity contribution < 1.29 is 0 Å². The molecule has 1 aliphatic carbocycles. The Hall–Kier alpha value is -6.38. The van der Waals surface area contributed by atoms with Crippen LogP contribution in [0.5, 0.6) is 0 Å². The highest BCUT2D eigenvalue weighted by Crippen LogP contribution is 2.40. The fourth-order valence-corrected chi connectivity index (χ4v) is 7.61. The molecule has 0 unspecified atom stereocenters. The van der Waals surface area contributed by atoms with Crippen molar-refractivity contribution in [3.8, 4) is 27.9 Å². The quantitative estimate of drug-likeness (QED) is 0.181. The zero-order valence-electron chi connectivity index (χ0n) is 28.6. The topological polar surface area (TPSA) is 17.0 Å². The molecule has 1 N–H and O–H groups in total. The lowest BCUT2D eigenvalue weighted by Gasteiger charge is -2.22. The maximum atomic E-state index is 3.74. The Kier molecular flexibility index (Phi) is 7.91. The molecule has 9 rings (SSSR count). The number of nitrogens with zero attached hydrogens (tertiary/aromatic N) is 1. The summed E-state index contributed by atoms with van der Waals surface area (Å²) in [6, 6.07) is 61.4. The largest absolute Gasteiger partial charge is 0.355 e. The van der Waals surface area contributed by atoms with Crippen LogP contribution in [0.3, 0.4) is 0 Å². The van der Waals surface area contributed by atoms with Crippen LogP contribution in [0.2, 0.25) is 0 Å². The van der Waals surface area contributed by atoms with Gasteiger partial charge in [0.1, 0.15) is 0 Å². The predicted molar refractivity (Wildman–Crippen MR) is 217 cm³/mol. The van der Waals surface area contributed by atoms with Gasteiger partial charge in [-0.3, -0.25) is 0 Å². The molecule has 8 aromatic rings. The van der Waals surface area contributed by atoms with Crippen LogP contribution in [0, 0.1) is 6.92 Å². The Labute approximate surface area is 299 Å². The first-order chi connectivity index (χ1) is 25.2. The molecule has 0 saturated carbocycles. The van der Waals surface area contributed by atoms with E-state index < -0.39 is 0 Å². The molecule has 0 fully saturated rings. The summed E-state index contributed by atoms with van der Waals surface area (Å²) in [5.41, 5.74) is 15.9. The van der Waals surface area contributed by atoms with Crippen LogP contribution < -0.4 is 5.32 Å². The summed E-state index contributed by atoms with van der Waals surface area (Å²) in [6.45, 7) is 2.16. The van der Waals surface area contributed by atoms with Gasteiger partial charge in [-0.1, -0.05) is 127 Å². The van der Waals surface area contributed by atoms with Crippen LogP contribution in [0.25, 0.3) is 55.3 Å². The lowest BCUT2D eigenvalue weighted by atomic mass is 9.85. The fraction of sp³-hybridized carbons (Fsp3) is 0.0612. The Morgan fingerprint density at radius 3 is 2.04 bits per heavy atom. The Bertz CT molecular complexity index is 2590. The summed E-state index contributed by atoms with van der Waals surface area (Å²) >= 11 is 0. The number of hydrogen-bond donors (Lipinski definition) is 1. The maximum Gasteiger partial charge on any atom is 0.0541 e. The van der Waals surface area contributed by atoms with Crippen molar-refractivity contribution in [2.24, 2.45) is 0 Å². The highest BCUT2D eigenvalue weighted by atomic mass is 15.0. The van der Waals surface area contributed by atoms with E-state index in [2.05, 4.69) is 205 Å². The molecule has 0 bridgehead atoms. The van der Waals surface area contributed by atoms with Crippen LogP contribution in [0.4, 0.5) is 11.4 Å². The monoisotopic (exact) mass is 654 g/mol. The molecule has 0 saturated heterocycles. The summed E-state index contributed by atoms with van der Waals surface area (Å²) in [7, 11) is 0. The molecular formula is C49H38N2. The van der Waals surface area contributed by atoms with Gasteiger partial charge >= 0.3 is 0 Å². The van der Waals surface area contributed by atoms with E-state index in [1.165, 1.54) is 72.0 Å². The predicted octanol–water partition coefficient (Wildman–Crippen LogP) is 13.3. The van der Waals surface area contributed by atoms with E-state index in [-0.39, 0.29) is 5.92 Å². The minimum atomic E-state index is 0.240. The zero-order valence-corrected chi connectivity index (χ0v) is 28.6. The average Bonchev–Trinajstić information content (AvgIpc) is 3.53. The van der Waals surface area contributed by atoms with Gasteiger partial charge < -0.3 is 9.88 Å². The van der Waals surface area contributed by atoms with Gasteiger partial charge in [0.2, 0.25) is 0 Å². The number of benzene rings is 7. The second-order valence-corrected chi connectivity index (χ2v) is 13.5. The Morgan fingerprint density at radius 2 is 1.22 bits per heavy atom. The first kappa shape index (κ1) is 30.7. The summed E-state index contributed by atoms with van der Waals surface area (Å²) in [4.78, 5) is 0. The van der Waals surface area contributed by atoms with Gasteiger partial charge in [0.15, 0.2) is 0 Å². The van der Waals surface area contributed by atoms with Gasteiger partial charge in [-0.05, 0) is 119 Å². The van der Waals surface area contributed by atoms with Crippen molar-refractivity contribution >= 4 is 38.8 Å². The minimum absolute atomic E-state index is 0.240. The third-order valence-electron chi connectivity index (χ3n) is 10.2. The second kappa shape index (κ2) is 13.2.